The lowest BCUT2D eigenvalue weighted by Crippen LogP contribution is -2.41. The molecule has 1 atom stereocenters. The average molecular weight is 509 g/mol. The first-order valence-electron chi connectivity index (χ1n) is 11.3. The van der Waals surface area contributed by atoms with E-state index >= 15 is 0 Å². The number of hydrogen-bond donors (Lipinski definition) is 2. The van der Waals surface area contributed by atoms with Crippen molar-refractivity contribution < 1.29 is 36.2 Å². The number of nitrogens with one attached hydrogen (secondary N) is 2. The van der Waals surface area contributed by atoms with Crippen molar-refractivity contribution in [1.82, 2.24) is 4.90 Å². The second-order valence-corrected chi connectivity index (χ2v) is 8.67. The molecule has 1 unspecified atom stereocenters. The molecular weight excluding hydrogens is 485 g/mol. The minimum absolute atomic E-state index is 0.0285. The van der Waals surface area contributed by atoms with Crippen molar-refractivity contribution >= 4 is 17.3 Å². The van der Waals surface area contributed by atoms with Gasteiger partial charge >= 0.3 is 6.36 Å². The molecular formula is C25H24F5N3O3. The number of amides is 1. The van der Waals surface area contributed by atoms with Gasteiger partial charge in [0, 0.05) is 37.6 Å². The van der Waals surface area contributed by atoms with Crippen molar-refractivity contribution in [1.29, 1.82) is 0 Å². The van der Waals surface area contributed by atoms with Crippen molar-refractivity contribution in [2.75, 3.05) is 36.8 Å². The molecule has 2 aromatic rings. The highest BCUT2D eigenvalue weighted by Gasteiger charge is 2.34. The maximum Gasteiger partial charge on any atom is 0.573 e. The summed E-state index contributed by atoms with van der Waals surface area (Å²) in [6.07, 6.45) is -6.13. The van der Waals surface area contributed by atoms with Gasteiger partial charge in [-0.2, -0.15) is 0 Å². The molecule has 0 bridgehead atoms. The summed E-state index contributed by atoms with van der Waals surface area (Å²) in [5, 5.41) is 5.67. The summed E-state index contributed by atoms with van der Waals surface area (Å²) >= 11 is 0. The molecule has 0 aromatic heterocycles. The summed E-state index contributed by atoms with van der Waals surface area (Å²) in [5.41, 5.74) is 2.24. The van der Waals surface area contributed by atoms with Crippen LogP contribution in [-0.4, -0.2) is 55.4 Å². The molecule has 0 spiro atoms. The Kier molecular flexibility index (Phi) is 7.26. The lowest BCUT2D eigenvalue weighted by atomic mass is 10.1. The Morgan fingerprint density at radius 2 is 1.97 bits per heavy atom. The third-order valence-corrected chi connectivity index (χ3v) is 5.77. The smallest absolute Gasteiger partial charge is 0.477 e. The molecule has 2 aliphatic rings. The van der Waals surface area contributed by atoms with E-state index in [0.717, 1.165) is 17.7 Å². The summed E-state index contributed by atoms with van der Waals surface area (Å²) in [4.78, 5) is 14.7. The Morgan fingerprint density at radius 1 is 1.22 bits per heavy atom. The maximum atomic E-state index is 13.3. The van der Waals surface area contributed by atoms with Crippen LogP contribution in [0.2, 0.25) is 0 Å². The number of aryl methyl sites for hydroxylation is 1. The van der Waals surface area contributed by atoms with Crippen LogP contribution in [0, 0.1) is 18.8 Å². The minimum atomic E-state index is -4.82. The third kappa shape index (κ3) is 6.79. The number of ether oxygens (including phenoxy) is 2. The number of halogens is 5. The van der Waals surface area contributed by atoms with Crippen LogP contribution < -0.4 is 20.1 Å². The fraction of sp³-hybridized carbons (Fsp3) is 0.400. The van der Waals surface area contributed by atoms with Crippen LogP contribution in [0.25, 0.3) is 0 Å². The van der Waals surface area contributed by atoms with E-state index in [1.54, 1.807) is 6.07 Å². The van der Waals surface area contributed by atoms with Gasteiger partial charge in [0.2, 0.25) is 0 Å². The van der Waals surface area contributed by atoms with Crippen LogP contribution in [0.4, 0.5) is 33.3 Å². The SMILES string of the molecule is Cc1ccc(NC(=O)C2CNc3cc(OC(F)(F)F)ccc3O2)c(C#CCN2CCC(F)(F)CC2)c1. The topological polar surface area (TPSA) is 62.8 Å². The van der Waals surface area contributed by atoms with Crippen LogP contribution in [0.5, 0.6) is 11.5 Å². The lowest BCUT2D eigenvalue weighted by molar-refractivity contribution is -0.274. The van der Waals surface area contributed by atoms with Gasteiger partial charge in [0.1, 0.15) is 11.5 Å². The van der Waals surface area contributed by atoms with E-state index < -0.39 is 30.0 Å². The van der Waals surface area contributed by atoms with Crippen LogP contribution in [0.1, 0.15) is 24.0 Å². The molecule has 2 N–H and O–H groups in total. The number of alkyl halides is 5. The van der Waals surface area contributed by atoms with Gasteiger partial charge in [-0.15, -0.1) is 13.2 Å². The average Bonchev–Trinajstić information content (AvgIpc) is 2.80. The molecule has 2 heterocycles. The Hall–Kier alpha value is -3.52. The van der Waals surface area contributed by atoms with Gasteiger partial charge in [-0.3, -0.25) is 9.69 Å². The number of piperidine rings is 1. The highest BCUT2D eigenvalue weighted by Crippen LogP contribution is 2.35. The molecule has 1 fully saturated rings. The quantitative estimate of drug-likeness (QED) is 0.459. The molecule has 4 rings (SSSR count). The minimum Gasteiger partial charge on any atom is -0.477 e. The summed E-state index contributed by atoms with van der Waals surface area (Å²) in [7, 11) is 0. The Morgan fingerprint density at radius 3 is 2.69 bits per heavy atom. The van der Waals surface area contributed by atoms with E-state index in [2.05, 4.69) is 27.2 Å². The summed E-state index contributed by atoms with van der Waals surface area (Å²) in [6, 6.07) is 8.88. The predicted molar refractivity (Wildman–Crippen MR) is 123 cm³/mol. The largest absolute Gasteiger partial charge is 0.573 e. The number of benzene rings is 2. The standard InChI is InChI=1S/C25H24F5N3O3/c1-16-4-6-19(17(13-16)3-2-10-33-11-8-24(26,27)9-12-33)32-23(34)22-15-31-20-14-18(36-25(28,29)30)5-7-21(20)35-22/h4-7,13-14,22,31H,8-12,15H2,1H3,(H,32,34). The number of carbonyl (C=O) groups is 1. The second-order valence-electron chi connectivity index (χ2n) is 8.67. The van der Waals surface area contributed by atoms with Crippen LogP contribution in [-0.2, 0) is 4.79 Å². The number of rotatable bonds is 4. The molecule has 2 aliphatic heterocycles. The van der Waals surface area contributed by atoms with Gasteiger partial charge in [-0.05, 0) is 36.8 Å². The molecule has 11 heteroatoms. The second kappa shape index (κ2) is 10.2. The fourth-order valence-corrected chi connectivity index (χ4v) is 3.86. The molecule has 0 radical (unpaired) electrons. The predicted octanol–water partition coefficient (Wildman–Crippen LogP) is 4.79. The monoisotopic (exact) mass is 509 g/mol. The summed E-state index contributed by atoms with van der Waals surface area (Å²) in [6.45, 7) is 2.79. The van der Waals surface area contributed by atoms with Crippen molar-refractivity contribution in [3.8, 4) is 23.3 Å². The molecule has 1 amide bonds. The zero-order valence-electron chi connectivity index (χ0n) is 19.3. The van der Waals surface area contributed by atoms with Crippen molar-refractivity contribution in [2.24, 2.45) is 0 Å². The van der Waals surface area contributed by atoms with Gasteiger partial charge in [-0.25, -0.2) is 8.78 Å². The lowest BCUT2D eigenvalue weighted by Gasteiger charge is -2.30. The molecule has 0 saturated carbocycles. The van der Waals surface area contributed by atoms with Crippen molar-refractivity contribution in [3.63, 3.8) is 0 Å². The molecule has 0 aliphatic carbocycles. The van der Waals surface area contributed by atoms with E-state index in [4.69, 9.17) is 4.74 Å². The highest BCUT2D eigenvalue weighted by atomic mass is 19.4. The molecule has 6 nitrogen and oxygen atoms in total. The van der Waals surface area contributed by atoms with Crippen LogP contribution in [0.15, 0.2) is 36.4 Å². The first-order valence-corrected chi connectivity index (χ1v) is 11.3. The normalized spacial score (nSPS) is 19.1. The van der Waals surface area contributed by atoms with E-state index in [0.29, 0.717) is 17.8 Å². The number of anilines is 2. The zero-order chi connectivity index (χ0) is 25.9. The molecule has 192 valence electrons. The van der Waals surface area contributed by atoms with Gasteiger partial charge in [-0.1, -0.05) is 17.9 Å². The Balaban J connectivity index is 1.39. The van der Waals surface area contributed by atoms with E-state index in [-0.39, 0.29) is 43.9 Å². The van der Waals surface area contributed by atoms with Crippen molar-refractivity contribution in [3.05, 3.63) is 47.5 Å². The van der Waals surface area contributed by atoms with E-state index in [1.165, 1.54) is 6.07 Å². The number of fused-ring (bicyclic) bond motifs is 1. The maximum absolute atomic E-state index is 13.3. The molecule has 1 saturated heterocycles. The van der Waals surface area contributed by atoms with Crippen LogP contribution >= 0.6 is 0 Å². The molecule has 2 aromatic carbocycles. The number of likely N-dealkylation sites (tertiary alicyclic amines) is 1. The van der Waals surface area contributed by atoms with Crippen molar-refractivity contribution in [2.45, 2.75) is 38.2 Å². The highest BCUT2D eigenvalue weighted by molar-refractivity contribution is 5.96. The number of carbonyl (C=O) groups excluding carboxylic acids is 1. The first kappa shape index (κ1) is 25.6. The Bertz CT molecular complexity index is 1180. The van der Waals surface area contributed by atoms with Gasteiger partial charge < -0.3 is 20.1 Å². The number of hydrogen-bond acceptors (Lipinski definition) is 5. The molecule has 36 heavy (non-hydrogen) atoms. The van der Waals surface area contributed by atoms with Gasteiger partial charge in [0.05, 0.1) is 24.5 Å². The summed E-state index contributed by atoms with van der Waals surface area (Å²) in [5.74, 6) is 2.74. The number of nitrogens with zero attached hydrogens (tertiary/aromatic N) is 1. The van der Waals surface area contributed by atoms with E-state index in [9.17, 15) is 26.7 Å². The zero-order valence-corrected chi connectivity index (χ0v) is 19.3. The van der Waals surface area contributed by atoms with Gasteiger partial charge in [0.15, 0.2) is 6.10 Å². The first-order chi connectivity index (χ1) is 17.0. The van der Waals surface area contributed by atoms with Crippen LogP contribution in [0.3, 0.4) is 0 Å². The Labute approximate surface area is 204 Å². The van der Waals surface area contributed by atoms with E-state index in [1.807, 2.05) is 24.0 Å². The summed E-state index contributed by atoms with van der Waals surface area (Å²) < 4.78 is 73.6. The van der Waals surface area contributed by atoms with Gasteiger partial charge in [0.25, 0.3) is 11.8 Å². The fourth-order valence-electron chi connectivity index (χ4n) is 3.86. The third-order valence-electron chi connectivity index (χ3n) is 5.77.